The lowest BCUT2D eigenvalue weighted by Gasteiger charge is -2.38. The van der Waals surface area contributed by atoms with E-state index in [1.807, 2.05) is 6.92 Å². The number of carbonyl (C=O) groups excluding carboxylic acids is 5. The number of epoxide rings is 1. The van der Waals surface area contributed by atoms with Gasteiger partial charge in [-0.1, -0.05) is 0 Å². The number of ketones is 2. The number of allylic oxidation sites excluding steroid dienone is 3. The molecule has 0 bridgehead atoms. The van der Waals surface area contributed by atoms with E-state index in [2.05, 4.69) is 0 Å². The summed E-state index contributed by atoms with van der Waals surface area (Å²) in [6.07, 6.45) is 3.46. The molecule has 0 amide bonds. The molecular weight excluding hydrogens is 784 g/mol. The fourth-order valence-corrected chi connectivity index (χ4v) is 7.61. The van der Waals surface area contributed by atoms with E-state index >= 15 is 0 Å². The number of aliphatic hydroxyl groups is 2. The third-order valence-electron chi connectivity index (χ3n) is 11.1. The first-order valence-electron chi connectivity index (χ1n) is 19.2. The summed E-state index contributed by atoms with van der Waals surface area (Å²) in [7, 11) is 0. The molecule has 316 valence electrons. The highest BCUT2D eigenvalue weighted by molar-refractivity contribution is 6.06. The zero-order chi connectivity index (χ0) is 43.4. The van der Waals surface area contributed by atoms with E-state index in [-0.39, 0.29) is 89.8 Å². The van der Waals surface area contributed by atoms with Crippen LogP contribution in [0.2, 0.25) is 0 Å². The SMILES string of the molecule is CC(=O)OCC=CC1=CC2=C(CO1)C(=O)[C@](C)(O)[C@H](OC(=O)c1c(C)cc(Oc3cc(C)c(C(=O)O[C@@H]4CC5=C(COC([C@H]6O[C@@H]6C)=C5)C(=O)[C@]4(C)O)c(O)c3)cc1O)C2. The van der Waals surface area contributed by atoms with Crippen molar-refractivity contribution >= 4 is 29.5 Å². The molecule has 60 heavy (non-hydrogen) atoms. The van der Waals surface area contributed by atoms with E-state index < -0.39 is 64.4 Å². The fraction of sp³-hybridized carbons (Fsp3) is 0.386. The van der Waals surface area contributed by atoms with Crippen molar-refractivity contribution in [2.24, 2.45) is 0 Å². The quantitative estimate of drug-likeness (QED) is 0.148. The number of Topliss-reactive ketones (excluding diaryl/α,β-unsaturated/α-hetero) is 2. The van der Waals surface area contributed by atoms with E-state index in [0.717, 1.165) is 12.1 Å². The number of carbonyl (C=O) groups is 5. The molecule has 4 N–H and O–H groups in total. The highest BCUT2D eigenvalue weighted by Crippen LogP contribution is 2.42. The van der Waals surface area contributed by atoms with Crippen LogP contribution in [0.1, 0.15) is 72.4 Å². The summed E-state index contributed by atoms with van der Waals surface area (Å²) in [4.78, 5) is 64.6. The van der Waals surface area contributed by atoms with Crippen molar-refractivity contribution in [2.75, 3.05) is 19.8 Å². The molecule has 3 aliphatic heterocycles. The third-order valence-corrected chi connectivity index (χ3v) is 11.1. The molecule has 7 rings (SSSR count). The van der Waals surface area contributed by atoms with E-state index in [9.17, 15) is 44.4 Å². The number of esters is 3. The highest BCUT2D eigenvalue weighted by atomic mass is 16.6. The Balaban J connectivity index is 1.03. The number of phenolic OH excluding ortho intramolecular Hbond substituents is 2. The maximum absolute atomic E-state index is 13.5. The first-order chi connectivity index (χ1) is 28.3. The van der Waals surface area contributed by atoms with Gasteiger partial charge in [0.25, 0.3) is 0 Å². The zero-order valence-electron chi connectivity index (χ0n) is 33.7. The standard InChI is InChI=1S/C44H44O16/c1-20-10-27(16-31(46)36(20)41(50)59-34-14-24-12-26(8-7-9-54-23(4)45)55-18-29(24)39(48)43(34,5)52)58-28-11-21(2)37(32(47)17-28)42(51)60-35-15-25-13-33(38-22(3)57-38)56-19-30(25)40(49)44(35,6)53/h7-8,10-13,16-17,22,34-35,38,46-47,52-53H,9,14-15,18-19H2,1-6H3/t22-,34-,35-,38+,43-,44-/m1/s1. The zero-order valence-corrected chi connectivity index (χ0v) is 33.7. The van der Waals surface area contributed by atoms with Crippen LogP contribution in [0.5, 0.6) is 23.0 Å². The Labute approximate surface area is 343 Å². The van der Waals surface area contributed by atoms with Crippen molar-refractivity contribution in [1.82, 2.24) is 0 Å². The van der Waals surface area contributed by atoms with Gasteiger partial charge in [-0.2, -0.15) is 0 Å². The molecule has 0 radical (unpaired) electrons. The first kappa shape index (κ1) is 41.9. The molecule has 0 aromatic heterocycles. The molecule has 16 nitrogen and oxygen atoms in total. The molecule has 16 heteroatoms. The lowest BCUT2D eigenvalue weighted by atomic mass is 9.77. The van der Waals surface area contributed by atoms with Crippen LogP contribution in [0.15, 0.2) is 82.4 Å². The van der Waals surface area contributed by atoms with Crippen LogP contribution in [0, 0.1) is 13.8 Å². The smallest absolute Gasteiger partial charge is 0.342 e. The normalized spacial score (nSPS) is 27.2. The Morgan fingerprint density at radius 1 is 0.800 bits per heavy atom. The van der Waals surface area contributed by atoms with E-state index in [1.165, 1.54) is 46.8 Å². The molecule has 5 aliphatic rings. The van der Waals surface area contributed by atoms with Crippen LogP contribution in [0.4, 0.5) is 0 Å². The minimum absolute atomic E-state index is 0.0110. The van der Waals surface area contributed by atoms with Crippen LogP contribution >= 0.6 is 0 Å². The lowest BCUT2D eigenvalue weighted by molar-refractivity contribution is -0.147. The summed E-state index contributed by atoms with van der Waals surface area (Å²) < 4.78 is 38.9. The predicted octanol–water partition coefficient (Wildman–Crippen LogP) is 4.33. The third kappa shape index (κ3) is 8.05. The van der Waals surface area contributed by atoms with Gasteiger partial charge < -0.3 is 53.6 Å². The fourth-order valence-electron chi connectivity index (χ4n) is 7.61. The van der Waals surface area contributed by atoms with Crippen molar-refractivity contribution in [2.45, 2.75) is 90.0 Å². The predicted molar refractivity (Wildman–Crippen MR) is 207 cm³/mol. The van der Waals surface area contributed by atoms with Gasteiger partial charge in [0.05, 0.1) is 6.10 Å². The molecule has 3 heterocycles. The second-order valence-corrected chi connectivity index (χ2v) is 15.7. The van der Waals surface area contributed by atoms with Gasteiger partial charge >= 0.3 is 17.9 Å². The monoisotopic (exact) mass is 828 g/mol. The highest BCUT2D eigenvalue weighted by Gasteiger charge is 2.51. The first-order valence-corrected chi connectivity index (χ1v) is 19.2. The summed E-state index contributed by atoms with van der Waals surface area (Å²) >= 11 is 0. The average molecular weight is 829 g/mol. The van der Waals surface area contributed by atoms with Crippen LogP contribution in [-0.4, -0.2) is 105 Å². The summed E-state index contributed by atoms with van der Waals surface area (Å²) in [5.74, 6) is -3.83. The molecule has 2 aromatic rings. The van der Waals surface area contributed by atoms with Gasteiger partial charge in [0.2, 0.25) is 0 Å². The van der Waals surface area contributed by atoms with Crippen molar-refractivity contribution in [3.05, 3.63) is 105 Å². The Kier molecular flexibility index (Phi) is 11.0. The molecule has 0 spiro atoms. The van der Waals surface area contributed by atoms with Crippen LogP contribution in [0.25, 0.3) is 0 Å². The number of hydrogen-bond acceptors (Lipinski definition) is 16. The van der Waals surface area contributed by atoms with Crippen LogP contribution in [-0.2, 0) is 42.8 Å². The molecule has 2 aliphatic carbocycles. The van der Waals surface area contributed by atoms with Gasteiger partial charge in [-0.3, -0.25) is 14.4 Å². The lowest BCUT2D eigenvalue weighted by Crippen LogP contribution is -2.53. The maximum Gasteiger partial charge on any atom is 0.342 e. The molecule has 0 unspecified atom stereocenters. The van der Waals surface area contributed by atoms with Crippen molar-refractivity contribution in [3.8, 4) is 23.0 Å². The largest absolute Gasteiger partial charge is 0.507 e. The van der Waals surface area contributed by atoms with Gasteiger partial charge in [-0.05, 0) is 93.3 Å². The van der Waals surface area contributed by atoms with Gasteiger partial charge in [-0.25, -0.2) is 9.59 Å². The Hall–Kier alpha value is -6.23. The van der Waals surface area contributed by atoms with Crippen LogP contribution in [0.3, 0.4) is 0 Å². The van der Waals surface area contributed by atoms with Gasteiger partial charge in [0, 0.05) is 43.0 Å². The minimum Gasteiger partial charge on any atom is -0.507 e. The molecule has 1 fully saturated rings. The molecular formula is C44H44O16. The average Bonchev–Trinajstić information content (AvgIpc) is 3.90. The topological polar surface area (TPSA) is 234 Å². The second-order valence-electron chi connectivity index (χ2n) is 15.7. The number of rotatable bonds is 10. The molecule has 6 atom stereocenters. The minimum atomic E-state index is -2.11. The Morgan fingerprint density at radius 3 is 1.75 bits per heavy atom. The summed E-state index contributed by atoms with van der Waals surface area (Å²) in [5.41, 5.74) is -2.66. The maximum atomic E-state index is 13.5. The van der Waals surface area contributed by atoms with Crippen LogP contribution < -0.4 is 4.74 Å². The number of benzene rings is 2. The van der Waals surface area contributed by atoms with Crippen molar-refractivity contribution < 1.29 is 77.6 Å². The van der Waals surface area contributed by atoms with E-state index in [0.29, 0.717) is 22.7 Å². The Morgan fingerprint density at radius 2 is 1.28 bits per heavy atom. The van der Waals surface area contributed by atoms with Gasteiger partial charge in [-0.15, -0.1) is 0 Å². The summed E-state index contributed by atoms with van der Waals surface area (Å²) in [6, 6.07) is 5.12. The number of phenols is 2. The number of aryl methyl sites for hydroxylation is 2. The summed E-state index contributed by atoms with van der Waals surface area (Å²) in [6.45, 7) is 8.52. The van der Waals surface area contributed by atoms with Crippen molar-refractivity contribution in [3.63, 3.8) is 0 Å². The Bertz CT molecular complexity index is 2330. The van der Waals surface area contributed by atoms with Gasteiger partial charge in [0.1, 0.15) is 83.8 Å². The van der Waals surface area contributed by atoms with E-state index in [4.69, 9.17) is 33.2 Å². The molecule has 1 saturated heterocycles. The summed E-state index contributed by atoms with van der Waals surface area (Å²) in [5, 5.41) is 44.4. The van der Waals surface area contributed by atoms with E-state index in [1.54, 1.807) is 24.3 Å². The van der Waals surface area contributed by atoms with Gasteiger partial charge in [0.15, 0.2) is 22.8 Å². The number of aromatic hydroxyl groups is 2. The second kappa shape index (κ2) is 15.7. The molecule has 0 saturated carbocycles. The number of hydrogen-bond donors (Lipinski definition) is 4. The molecule has 2 aromatic carbocycles. The van der Waals surface area contributed by atoms with Crippen molar-refractivity contribution in [1.29, 1.82) is 0 Å². The number of ether oxygens (including phenoxy) is 7.